The number of hydrazone groups is 1. The van der Waals surface area contributed by atoms with Crippen molar-refractivity contribution in [1.82, 2.24) is 0 Å². The number of nitrogens with two attached hydrogens (primary N) is 1. The molecule has 2 aromatic carbocycles. The van der Waals surface area contributed by atoms with Gasteiger partial charge in [0.15, 0.2) is 0 Å². The molecule has 0 bridgehead atoms. The standard InChI is InChI=1S/C15H15ClN2O2/c1-9-2-4-10(5-3-9)6-13(18-17)11-7-12(16)15(20)8-14(11)19/h2-5,7-8,19-20H,6,17H2,1H3/b18-13-. The molecule has 5 heteroatoms. The van der Waals surface area contributed by atoms with Crippen molar-refractivity contribution in [3.05, 3.63) is 58.1 Å². The Kier molecular flexibility index (Phi) is 4.15. The van der Waals surface area contributed by atoms with Crippen LogP contribution in [0.15, 0.2) is 41.5 Å². The topological polar surface area (TPSA) is 78.8 Å². The maximum atomic E-state index is 9.88. The van der Waals surface area contributed by atoms with Crippen molar-refractivity contribution < 1.29 is 10.2 Å². The Hall–Kier alpha value is -2.20. The quantitative estimate of drug-likeness (QED) is 0.462. The molecular formula is C15H15ClN2O2. The van der Waals surface area contributed by atoms with Gasteiger partial charge < -0.3 is 16.1 Å². The molecule has 0 heterocycles. The molecule has 0 aliphatic heterocycles. The van der Waals surface area contributed by atoms with E-state index < -0.39 is 0 Å². The molecule has 0 spiro atoms. The van der Waals surface area contributed by atoms with Gasteiger partial charge in [0.1, 0.15) is 11.5 Å². The third kappa shape index (κ3) is 3.03. The predicted octanol–water partition coefficient (Wildman–Crippen LogP) is 2.97. The third-order valence-electron chi connectivity index (χ3n) is 3.02. The van der Waals surface area contributed by atoms with Crippen molar-refractivity contribution in [3.8, 4) is 11.5 Å². The first kappa shape index (κ1) is 14.2. The van der Waals surface area contributed by atoms with E-state index >= 15 is 0 Å². The van der Waals surface area contributed by atoms with Gasteiger partial charge in [-0.25, -0.2) is 0 Å². The summed E-state index contributed by atoms with van der Waals surface area (Å²) in [5.41, 5.74) is 3.09. The molecule has 20 heavy (non-hydrogen) atoms. The van der Waals surface area contributed by atoms with Crippen LogP contribution < -0.4 is 5.84 Å². The lowest BCUT2D eigenvalue weighted by atomic mass is 10.0. The van der Waals surface area contributed by atoms with E-state index in [4.69, 9.17) is 17.4 Å². The zero-order chi connectivity index (χ0) is 14.7. The minimum atomic E-state index is -0.181. The number of aryl methyl sites for hydroxylation is 1. The number of phenolic OH excluding ortho intramolecular Hbond substituents is 2. The maximum Gasteiger partial charge on any atom is 0.137 e. The number of aromatic hydroxyl groups is 2. The van der Waals surface area contributed by atoms with E-state index in [0.29, 0.717) is 17.7 Å². The first-order valence-electron chi connectivity index (χ1n) is 6.05. The largest absolute Gasteiger partial charge is 0.507 e. The molecule has 0 aliphatic carbocycles. The molecule has 0 amide bonds. The van der Waals surface area contributed by atoms with Crippen LogP contribution >= 0.6 is 11.6 Å². The Labute approximate surface area is 122 Å². The molecule has 0 aromatic heterocycles. The first-order chi connectivity index (χ1) is 9.51. The van der Waals surface area contributed by atoms with Crippen molar-refractivity contribution in [2.75, 3.05) is 0 Å². The Bertz CT molecular complexity index is 652. The molecule has 0 aliphatic rings. The highest BCUT2D eigenvalue weighted by molar-refractivity contribution is 6.32. The lowest BCUT2D eigenvalue weighted by Gasteiger charge is -2.09. The van der Waals surface area contributed by atoms with Gasteiger partial charge in [-0.15, -0.1) is 0 Å². The van der Waals surface area contributed by atoms with Gasteiger partial charge >= 0.3 is 0 Å². The van der Waals surface area contributed by atoms with Gasteiger partial charge in [0.25, 0.3) is 0 Å². The highest BCUT2D eigenvalue weighted by Gasteiger charge is 2.13. The number of hydrogen-bond donors (Lipinski definition) is 3. The minimum Gasteiger partial charge on any atom is -0.507 e. The summed E-state index contributed by atoms with van der Waals surface area (Å²) in [5.74, 6) is 5.12. The molecule has 0 fully saturated rings. The van der Waals surface area contributed by atoms with Crippen LogP contribution in [0, 0.1) is 6.92 Å². The molecule has 0 radical (unpaired) electrons. The molecule has 0 unspecified atom stereocenters. The Balaban J connectivity index is 2.34. The van der Waals surface area contributed by atoms with Crippen LogP contribution in [0.5, 0.6) is 11.5 Å². The summed E-state index contributed by atoms with van der Waals surface area (Å²) in [6.45, 7) is 2.01. The molecule has 0 atom stereocenters. The second-order valence-corrected chi connectivity index (χ2v) is 4.97. The van der Waals surface area contributed by atoms with Gasteiger partial charge in [-0.3, -0.25) is 0 Å². The van der Waals surface area contributed by atoms with E-state index in [-0.39, 0.29) is 16.5 Å². The second-order valence-electron chi connectivity index (χ2n) is 4.56. The van der Waals surface area contributed by atoms with Crippen molar-refractivity contribution >= 4 is 17.3 Å². The van der Waals surface area contributed by atoms with Gasteiger partial charge in [0.05, 0.1) is 10.7 Å². The fourth-order valence-corrected chi connectivity index (χ4v) is 2.06. The van der Waals surface area contributed by atoms with Crippen LogP contribution in [0.1, 0.15) is 16.7 Å². The summed E-state index contributed by atoms with van der Waals surface area (Å²) >= 11 is 5.85. The number of hydrogen-bond acceptors (Lipinski definition) is 4. The van der Waals surface area contributed by atoms with Gasteiger partial charge in [0, 0.05) is 18.1 Å². The number of rotatable bonds is 3. The summed E-state index contributed by atoms with van der Waals surface area (Å²) in [7, 11) is 0. The summed E-state index contributed by atoms with van der Waals surface area (Å²) in [5, 5.41) is 23.2. The second kappa shape index (κ2) is 5.84. The first-order valence-corrected chi connectivity index (χ1v) is 6.43. The van der Waals surface area contributed by atoms with E-state index in [1.54, 1.807) is 0 Å². The SMILES string of the molecule is Cc1ccc(C/C(=N/N)c2cc(Cl)c(O)cc2O)cc1. The van der Waals surface area contributed by atoms with Crippen LogP contribution in [0.25, 0.3) is 0 Å². The predicted molar refractivity (Wildman–Crippen MR) is 80.4 cm³/mol. The molecule has 4 N–H and O–H groups in total. The highest BCUT2D eigenvalue weighted by atomic mass is 35.5. The number of phenols is 2. The average molecular weight is 291 g/mol. The zero-order valence-electron chi connectivity index (χ0n) is 11.0. The summed E-state index contributed by atoms with van der Waals surface area (Å²) in [6.07, 6.45) is 0.464. The minimum absolute atomic E-state index is 0.108. The van der Waals surface area contributed by atoms with Crippen LogP contribution in [0.2, 0.25) is 5.02 Å². The number of nitrogens with zero attached hydrogens (tertiary/aromatic N) is 1. The molecule has 0 saturated carbocycles. The number of halogens is 1. The van der Waals surface area contributed by atoms with Crippen LogP contribution in [-0.2, 0) is 6.42 Å². The zero-order valence-corrected chi connectivity index (χ0v) is 11.7. The lowest BCUT2D eigenvalue weighted by molar-refractivity contribution is 0.450. The molecular weight excluding hydrogens is 276 g/mol. The Morgan fingerprint density at radius 1 is 1.15 bits per heavy atom. The summed E-state index contributed by atoms with van der Waals surface area (Å²) < 4.78 is 0. The van der Waals surface area contributed by atoms with E-state index in [1.807, 2.05) is 31.2 Å². The van der Waals surface area contributed by atoms with Gasteiger partial charge in [-0.1, -0.05) is 41.4 Å². The molecule has 2 rings (SSSR count). The van der Waals surface area contributed by atoms with Gasteiger partial charge in [0.2, 0.25) is 0 Å². The van der Waals surface area contributed by atoms with E-state index in [2.05, 4.69) is 5.10 Å². The van der Waals surface area contributed by atoms with Gasteiger partial charge in [-0.05, 0) is 18.6 Å². The number of benzene rings is 2. The average Bonchev–Trinajstić information content (AvgIpc) is 2.43. The molecule has 104 valence electrons. The monoisotopic (exact) mass is 290 g/mol. The Morgan fingerprint density at radius 3 is 2.40 bits per heavy atom. The molecule has 4 nitrogen and oxygen atoms in total. The fraction of sp³-hybridized carbons (Fsp3) is 0.133. The summed E-state index contributed by atoms with van der Waals surface area (Å²) in [4.78, 5) is 0. The smallest absolute Gasteiger partial charge is 0.137 e. The van der Waals surface area contributed by atoms with E-state index in [0.717, 1.165) is 11.1 Å². The van der Waals surface area contributed by atoms with Crippen molar-refractivity contribution in [2.24, 2.45) is 10.9 Å². The lowest BCUT2D eigenvalue weighted by Crippen LogP contribution is -2.08. The van der Waals surface area contributed by atoms with E-state index in [1.165, 1.54) is 12.1 Å². The van der Waals surface area contributed by atoms with Gasteiger partial charge in [-0.2, -0.15) is 5.10 Å². The Morgan fingerprint density at radius 2 is 1.80 bits per heavy atom. The van der Waals surface area contributed by atoms with Crippen molar-refractivity contribution in [2.45, 2.75) is 13.3 Å². The van der Waals surface area contributed by atoms with Crippen molar-refractivity contribution in [3.63, 3.8) is 0 Å². The molecule has 2 aromatic rings. The molecule has 0 saturated heterocycles. The fourth-order valence-electron chi connectivity index (χ4n) is 1.89. The third-order valence-corrected chi connectivity index (χ3v) is 3.33. The van der Waals surface area contributed by atoms with Crippen LogP contribution in [-0.4, -0.2) is 15.9 Å². The summed E-state index contributed by atoms with van der Waals surface area (Å²) in [6, 6.07) is 10.6. The highest BCUT2D eigenvalue weighted by Crippen LogP contribution is 2.31. The maximum absolute atomic E-state index is 9.88. The van der Waals surface area contributed by atoms with E-state index in [9.17, 15) is 10.2 Å². The van der Waals surface area contributed by atoms with Crippen LogP contribution in [0.3, 0.4) is 0 Å². The van der Waals surface area contributed by atoms with Crippen LogP contribution in [0.4, 0.5) is 0 Å². The normalized spacial score (nSPS) is 11.6. The van der Waals surface area contributed by atoms with Crippen molar-refractivity contribution in [1.29, 1.82) is 0 Å².